The number of aromatic nitrogens is 1. The minimum absolute atomic E-state index is 0.0718. The van der Waals surface area contributed by atoms with Gasteiger partial charge in [0.05, 0.1) is 16.6 Å². The summed E-state index contributed by atoms with van der Waals surface area (Å²) in [7, 11) is 0. The zero-order valence-corrected chi connectivity index (χ0v) is 16.4. The zero-order chi connectivity index (χ0) is 19.1. The number of fused-ring (bicyclic) bond motifs is 1. The number of halogens is 1. The summed E-state index contributed by atoms with van der Waals surface area (Å²) >= 11 is 1.70. The molecule has 0 bridgehead atoms. The van der Waals surface area contributed by atoms with Crippen molar-refractivity contribution >= 4 is 32.6 Å². The third-order valence-electron chi connectivity index (χ3n) is 5.62. The monoisotopic (exact) mass is 395 g/mol. The van der Waals surface area contributed by atoms with Gasteiger partial charge in [0.1, 0.15) is 5.82 Å². The number of carbonyl (C=O) groups is 1. The first-order valence-electron chi connectivity index (χ1n) is 9.84. The molecule has 2 aliphatic rings. The van der Waals surface area contributed by atoms with Crippen molar-refractivity contribution in [1.29, 1.82) is 0 Å². The summed E-state index contributed by atoms with van der Waals surface area (Å²) in [4.78, 5) is 21.5. The number of piperazine rings is 1. The maximum atomic E-state index is 14.2. The first-order valence-corrected chi connectivity index (χ1v) is 10.7. The molecule has 1 aromatic heterocycles. The second-order valence-corrected chi connectivity index (χ2v) is 8.65. The number of nitrogens with zero attached hydrogens (tertiary/aromatic N) is 3. The number of carbonyl (C=O) groups excluding carboxylic acids is 1. The molecule has 1 saturated heterocycles. The Balaban J connectivity index is 1.20. The van der Waals surface area contributed by atoms with Gasteiger partial charge in [-0.3, -0.25) is 4.79 Å². The Morgan fingerprint density at radius 3 is 2.61 bits per heavy atom. The van der Waals surface area contributed by atoms with Crippen LogP contribution in [0.3, 0.4) is 0 Å². The van der Waals surface area contributed by atoms with Crippen LogP contribution in [-0.2, 0) is 11.2 Å². The van der Waals surface area contributed by atoms with Gasteiger partial charge < -0.3 is 9.80 Å². The number of anilines is 1. The fourth-order valence-corrected chi connectivity index (χ4v) is 4.85. The van der Waals surface area contributed by atoms with E-state index in [4.69, 9.17) is 4.98 Å². The molecule has 6 heteroatoms. The Bertz CT molecular complexity index is 989. The molecule has 144 valence electrons. The summed E-state index contributed by atoms with van der Waals surface area (Å²) in [6.07, 6.45) is 2.42. The molecule has 2 heterocycles. The second-order valence-electron chi connectivity index (χ2n) is 7.64. The minimum Gasteiger partial charge on any atom is -0.345 e. The largest absolute Gasteiger partial charge is 0.345 e. The third-order valence-corrected chi connectivity index (χ3v) is 6.72. The quantitative estimate of drug-likeness (QED) is 0.664. The van der Waals surface area contributed by atoms with Crippen LogP contribution in [0.2, 0.25) is 0 Å². The SMILES string of the molecule is O=C(Cc1ccc(C2CC2)c(F)c1)N1CCN(c2nc3ccccc3s2)CC1. The van der Waals surface area contributed by atoms with E-state index in [1.807, 2.05) is 35.2 Å². The van der Waals surface area contributed by atoms with E-state index in [9.17, 15) is 9.18 Å². The Hall–Kier alpha value is -2.47. The molecule has 1 saturated carbocycles. The van der Waals surface area contributed by atoms with Crippen molar-refractivity contribution in [2.45, 2.75) is 25.2 Å². The van der Waals surface area contributed by atoms with Gasteiger partial charge in [-0.1, -0.05) is 35.6 Å². The molecular weight excluding hydrogens is 373 g/mol. The van der Waals surface area contributed by atoms with E-state index >= 15 is 0 Å². The average Bonchev–Trinajstić information content (AvgIpc) is 3.45. The maximum absolute atomic E-state index is 14.2. The Labute approximate surface area is 167 Å². The topological polar surface area (TPSA) is 36.4 Å². The van der Waals surface area contributed by atoms with Crippen LogP contribution in [0.1, 0.15) is 29.9 Å². The number of hydrogen-bond donors (Lipinski definition) is 0. The number of benzene rings is 2. The third kappa shape index (κ3) is 3.49. The molecule has 0 spiro atoms. The number of hydrogen-bond acceptors (Lipinski definition) is 4. The van der Waals surface area contributed by atoms with Crippen molar-refractivity contribution in [2.75, 3.05) is 31.1 Å². The second kappa shape index (κ2) is 7.17. The number of amides is 1. The Morgan fingerprint density at radius 1 is 1.11 bits per heavy atom. The fourth-order valence-electron chi connectivity index (χ4n) is 3.83. The van der Waals surface area contributed by atoms with Crippen LogP contribution >= 0.6 is 11.3 Å². The molecule has 0 N–H and O–H groups in total. The van der Waals surface area contributed by atoms with E-state index in [-0.39, 0.29) is 18.1 Å². The molecular formula is C22H22FN3OS. The van der Waals surface area contributed by atoms with Gasteiger partial charge >= 0.3 is 0 Å². The van der Waals surface area contributed by atoms with Crippen LogP contribution in [-0.4, -0.2) is 42.0 Å². The molecule has 2 aromatic carbocycles. The average molecular weight is 396 g/mol. The highest BCUT2D eigenvalue weighted by molar-refractivity contribution is 7.22. The van der Waals surface area contributed by atoms with Gasteiger partial charge in [-0.2, -0.15) is 0 Å². The lowest BCUT2D eigenvalue weighted by atomic mass is 10.0. The molecule has 28 heavy (non-hydrogen) atoms. The van der Waals surface area contributed by atoms with E-state index in [1.165, 1.54) is 4.70 Å². The Morgan fingerprint density at radius 2 is 1.89 bits per heavy atom. The van der Waals surface area contributed by atoms with E-state index < -0.39 is 0 Å². The lowest BCUT2D eigenvalue weighted by Gasteiger charge is -2.34. The minimum atomic E-state index is -0.159. The lowest BCUT2D eigenvalue weighted by Crippen LogP contribution is -2.49. The summed E-state index contributed by atoms with van der Waals surface area (Å²) < 4.78 is 15.4. The van der Waals surface area contributed by atoms with Gasteiger partial charge in [0.15, 0.2) is 5.13 Å². The van der Waals surface area contributed by atoms with Crippen molar-refractivity contribution in [3.63, 3.8) is 0 Å². The zero-order valence-electron chi connectivity index (χ0n) is 15.6. The standard InChI is InChI=1S/C22H22FN3OS/c23-18-13-15(5-8-17(18)16-6-7-16)14-21(27)25-9-11-26(12-10-25)22-24-19-3-1-2-4-20(19)28-22/h1-5,8,13,16H,6-7,9-12,14H2. The van der Waals surface area contributed by atoms with E-state index in [0.29, 0.717) is 19.0 Å². The highest BCUT2D eigenvalue weighted by atomic mass is 32.1. The fraction of sp³-hybridized carbons (Fsp3) is 0.364. The van der Waals surface area contributed by atoms with Gasteiger partial charge in [-0.05, 0) is 48.1 Å². The van der Waals surface area contributed by atoms with Crippen LogP contribution in [0.15, 0.2) is 42.5 Å². The predicted molar refractivity (Wildman–Crippen MR) is 110 cm³/mol. The summed E-state index contributed by atoms with van der Waals surface area (Å²) in [6.45, 7) is 2.91. The van der Waals surface area contributed by atoms with Crippen LogP contribution in [0, 0.1) is 5.82 Å². The van der Waals surface area contributed by atoms with Crippen molar-refractivity contribution < 1.29 is 9.18 Å². The van der Waals surface area contributed by atoms with Gasteiger partial charge in [0.2, 0.25) is 5.91 Å². The number of para-hydroxylation sites is 1. The highest BCUT2D eigenvalue weighted by Gasteiger charge is 2.27. The molecule has 4 nitrogen and oxygen atoms in total. The van der Waals surface area contributed by atoms with E-state index in [1.54, 1.807) is 17.4 Å². The van der Waals surface area contributed by atoms with Gasteiger partial charge in [0, 0.05) is 26.2 Å². The van der Waals surface area contributed by atoms with Crippen LogP contribution in [0.25, 0.3) is 10.2 Å². The van der Waals surface area contributed by atoms with Crippen molar-refractivity contribution in [2.24, 2.45) is 0 Å². The smallest absolute Gasteiger partial charge is 0.227 e. The van der Waals surface area contributed by atoms with Gasteiger partial charge in [-0.25, -0.2) is 9.37 Å². The van der Waals surface area contributed by atoms with Crippen LogP contribution in [0.5, 0.6) is 0 Å². The van der Waals surface area contributed by atoms with E-state index in [0.717, 1.165) is 47.7 Å². The van der Waals surface area contributed by atoms with E-state index in [2.05, 4.69) is 11.0 Å². The maximum Gasteiger partial charge on any atom is 0.227 e. The van der Waals surface area contributed by atoms with Crippen LogP contribution in [0.4, 0.5) is 9.52 Å². The first kappa shape index (κ1) is 17.6. The molecule has 0 atom stereocenters. The van der Waals surface area contributed by atoms with Crippen molar-refractivity contribution in [1.82, 2.24) is 9.88 Å². The summed E-state index contributed by atoms with van der Waals surface area (Å²) in [5.41, 5.74) is 2.60. The van der Waals surface area contributed by atoms with Crippen LogP contribution < -0.4 is 4.90 Å². The molecule has 0 unspecified atom stereocenters. The van der Waals surface area contributed by atoms with Gasteiger partial charge in [-0.15, -0.1) is 0 Å². The molecule has 0 radical (unpaired) electrons. The van der Waals surface area contributed by atoms with Crippen molar-refractivity contribution in [3.05, 3.63) is 59.4 Å². The molecule has 2 fully saturated rings. The molecule has 1 aliphatic heterocycles. The predicted octanol–water partition coefficient (Wildman–Crippen LogP) is 4.20. The number of thiazole rings is 1. The molecule has 1 amide bonds. The summed E-state index contributed by atoms with van der Waals surface area (Å²) in [5.74, 6) is 0.302. The highest BCUT2D eigenvalue weighted by Crippen LogP contribution is 2.41. The molecule has 1 aliphatic carbocycles. The van der Waals surface area contributed by atoms with Gasteiger partial charge in [0.25, 0.3) is 0 Å². The first-order chi connectivity index (χ1) is 13.7. The molecule has 3 aromatic rings. The molecule has 5 rings (SSSR count). The number of rotatable bonds is 4. The summed E-state index contributed by atoms with van der Waals surface area (Å²) in [5, 5.41) is 1.02. The lowest BCUT2D eigenvalue weighted by molar-refractivity contribution is -0.130. The Kier molecular flexibility index (Phi) is 4.51. The summed E-state index contributed by atoms with van der Waals surface area (Å²) in [6, 6.07) is 13.5. The normalized spacial score (nSPS) is 17.3. The van der Waals surface area contributed by atoms with Crippen molar-refractivity contribution in [3.8, 4) is 0 Å².